The molecule has 0 aromatic carbocycles. The third kappa shape index (κ3) is 3.98. The first kappa shape index (κ1) is 14.5. The van der Waals surface area contributed by atoms with Crippen molar-refractivity contribution < 1.29 is 0 Å². The van der Waals surface area contributed by atoms with E-state index in [0.717, 1.165) is 18.9 Å². The van der Waals surface area contributed by atoms with Crippen LogP contribution in [0.2, 0.25) is 5.15 Å². The molecule has 0 aliphatic carbocycles. The predicted molar refractivity (Wildman–Crippen MR) is 72.2 cm³/mol. The van der Waals surface area contributed by atoms with Crippen LogP contribution in [0, 0.1) is 5.92 Å². The number of aromatic nitrogens is 2. The summed E-state index contributed by atoms with van der Waals surface area (Å²) in [5.74, 6) is 1.60. The van der Waals surface area contributed by atoms with Gasteiger partial charge in [0.1, 0.15) is 11.0 Å². The number of hydrogen-bond acceptors (Lipinski definition) is 3. The molecule has 1 aromatic rings. The zero-order valence-corrected chi connectivity index (χ0v) is 12.1. The van der Waals surface area contributed by atoms with Crippen LogP contribution in [0.4, 0.5) is 0 Å². The summed E-state index contributed by atoms with van der Waals surface area (Å²) in [7, 11) is 6.16. The molecule has 17 heavy (non-hydrogen) atoms. The number of imidazole rings is 1. The maximum atomic E-state index is 5.94. The summed E-state index contributed by atoms with van der Waals surface area (Å²) in [6.45, 7) is 6.18. The van der Waals surface area contributed by atoms with Crippen LogP contribution in [-0.2, 0) is 13.6 Å². The molecule has 0 aliphatic heterocycles. The van der Waals surface area contributed by atoms with Crippen molar-refractivity contribution in [2.24, 2.45) is 13.0 Å². The maximum absolute atomic E-state index is 5.94. The van der Waals surface area contributed by atoms with E-state index in [-0.39, 0.29) is 0 Å². The van der Waals surface area contributed by atoms with Gasteiger partial charge in [-0.3, -0.25) is 0 Å². The summed E-state index contributed by atoms with van der Waals surface area (Å²) in [5, 5.41) is 4.11. The van der Waals surface area contributed by atoms with Gasteiger partial charge in [0.25, 0.3) is 0 Å². The average molecular weight is 259 g/mol. The van der Waals surface area contributed by atoms with E-state index in [2.05, 4.69) is 43.1 Å². The van der Waals surface area contributed by atoms with Crippen LogP contribution < -0.4 is 5.32 Å². The van der Waals surface area contributed by atoms with Gasteiger partial charge in [0.2, 0.25) is 0 Å². The van der Waals surface area contributed by atoms with Crippen molar-refractivity contribution in [2.45, 2.75) is 26.4 Å². The van der Waals surface area contributed by atoms with Gasteiger partial charge < -0.3 is 14.8 Å². The Labute approximate surface area is 109 Å². The molecule has 0 saturated carbocycles. The predicted octanol–water partition coefficient (Wildman–Crippen LogP) is 1.75. The van der Waals surface area contributed by atoms with Gasteiger partial charge in [0, 0.05) is 19.6 Å². The van der Waals surface area contributed by atoms with E-state index in [1.807, 2.05) is 11.6 Å². The molecule has 0 aliphatic rings. The smallest absolute Gasteiger partial charge is 0.128 e. The third-order valence-electron chi connectivity index (χ3n) is 3.10. The van der Waals surface area contributed by atoms with Gasteiger partial charge in [0.05, 0.1) is 12.7 Å². The Kier molecular flexibility index (Phi) is 5.43. The first-order chi connectivity index (χ1) is 7.93. The van der Waals surface area contributed by atoms with E-state index >= 15 is 0 Å². The van der Waals surface area contributed by atoms with Crippen LogP contribution in [0.15, 0.2) is 6.20 Å². The molecule has 0 saturated heterocycles. The van der Waals surface area contributed by atoms with Crippen molar-refractivity contribution in [3.8, 4) is 0 Å². The Morgan fingerprint density at radius 3 is 2.53 bits per heavy atom. The quantitative estimate of drug-likeness (QED) is 0.844. The minimum absolute atomic E-state index is 0.533. The zero-order valence-electron chi connectivity index (χ0n) is 11.4. The first-order valence-corrected chi connectivity index (χ1v) is 6.34. The van der Waals surface area contributed by atoms with E-state index in [1.165, 1.54) is 0 Å². The van der Waals surface area contributed by atoms with Crippen molar-refractivity contribution in [1.82, 2.24) is 19.8 Å². The monoisotopic (exact) mass is 258 g/mol. The summed E-state index contributed by atoms with van der Waals surface area (Å²) < 4.78 is 1.90. The highest BCUT2D eigenvalue weighted by atomic mass is 35.5. The number of rotatable bonds is 6. The second kappa shape index (κ2) is 6.38. The topological polar surface area (TPSA) is 33.1 Å². The fourth-order valence-electron chi connectivity index (χ4n) is 1.93. The van der Waals surface area contributed by atoms with Gasteiger partial charge in [-0.1, -0.05) is 25.4 Å². The highest BCUT2D eigenvalue weighted by Gasteiger charge is 2.15. The SMILES string of the molecule is CC(C)C(CNCc1ncc(Cl)n1C)N(C)C. The summed E-state index contributed by atoms with van der Waals surface area (Å²) in [5.41, 5.74) is 0. The van der Waals surface area contributed by atoms with Crippen LogP contribution in [-0.4, -0.2) is 41.1 Å². The second-order valence-corrected chi connectivity index (χ2v) is 5.35. The van der Waals surface area contributed by atoms with Crippen molar-refractivity contribution in [3.63, 3.8) is 0 Å². The van der Waals surface area contributed by atoms with Gasteiger partial charge in [0.15, 0.2) is 0 Å². The molecular formula is C12H23ClN4. The number of halogens is 1. The fourth-order valence-corrected chi connectivity index (χ4v) is 2.08. The van der Waals surface area contributed by atoms with Crippen molar-refractivity contribution in [1.29, 1.82) is 0 Å². The van der Waals surface area contributed by atoms with E-state index in [1.54, 1.807) is 6.20 Å². The van der Waals surface area contributed by atoms with Crippen molar-refractivity contribution >= 4 is 11.6 Å². The fraction of sp³-hybridized carbons (Fsp3) is 0.750. The molecule has 4 nitrogen and oxygen atoms in total. The standard InChI is InChI=1S/C12H23ClN4/c1-9(2)10(16(3)4)6-14-8-12-15-7-11(13)17(12)5/h7,9-10,14H,6,8H2,1-5H3. The maximum Gasteiger partial charge on any atom is 0.128 e. The molecule has 0 radical (unpaired) electrons. The first-order valence-electron chi connectivity index (χ1n) is 5.96. The van der Waals surface area contributed by atoms with E-state index < -0.39 is 0 Å². The van der Waals surface area contributed by atoms with Crippen LogP contribution in [0.3, 0.4) is 0 Å². The van der Waals surface area contributed by atoms with Gasteiger partial charge in [-0.25, -0.2) is 4.98 Å². The molecule has 1 heterocycles. The van der Waals surface area contributed by atoms with Gasteiger partial charge in [-0.05, 0) is 20.0 Å². The van der Waals surface area contributed by atoms with Crippen LogP contribution in [0.25, 0.3) is 0 Å². The third-order valence-corrected chi connectivity index (χ3v) is 3.45. The number of nitrogens with zero attached hydrogens (tertiary/aromatic N) is 3. The largest absolute Gasteiger partial charge is 0.321 e. The minimum Gasteiger partial charge on any atom is -0.321 e. The molecule has 0 amide bonds. The molecule has 0 bridgehead atoms. The van der Waals surface area contributed by atoms with E-state index in [0.29, 0.717) is 17.1 Å². The average Bonchev–Trinajstić information content (AvgIpc) is 2.54. The summed E-state index contributed by atoms with van der Waals surface area (Å²) in [4.78, 5) is 6.51. The molecule has 5 heteroatoms. The lowest BCUT2D eigenvalue weighted by Crippen LogP contribution is -2.41. The molecule has 1 atom stereocenters. The molecule has 0 spiro atoms. The normalized spacial score (nSPS) is 13.6. The van der Waals surface area contributed by atoms with Crippen molar-refractivity contribution in [3.05, 3.63) is 17.2 Å². The zero-order chi connectivity index (χ0) is 13.0. The Hall–Kier alpha value is -0.580. The molecule has 1 rings (SSSR count). The summed E-state index contributed by atoms with van der Waals surface area (Å²) in [6, 6.07) is 0.533. The molecule has 1 unspecified atom stereocenters. The minimum atomic E-state index is 0.533. The lowest BCUT2D eigenvalue weighted by Gasteiger charge is -2.28. The molecule has 0 fully saturated rings. The highest BCUT2D eigenvalue weighted by molar-refractivity contribution is 6.29. The summed E-state index contributed by atoms with van der Waals surface area (Å²) >= 11 is 5.94. The Morgan fingerprint density at radius 1 is 1.47 bits per heavy atom. The Balaban J connectivity index is 2.44. The number of likely N-dealkylation sites (N-methyl/N-ethyl adjacent to an activating group) is 1. The van der Waals surface area contributed by atoms with E-state index in [4.69, 9.17) is 11.6 Å². The van der Waals surface area contributed by atoms with Gasteiger partial charge in [-0.2, -0.15) is 0 Å². The molecule has 1 aromatic heterocycles. The summed E-state index contributed by atoms with van der Waals surface area (Å²) in [6.07, 6.45) is 1.68. The molecule has 98 valence electrons. The van der Waals surface area contributed by atoms with Crippen LogP contribution in [0.5, 0.6) is 0 Å². The molecular weight excluding hydrogens is 236 g/mol. The van der Waals surface area contributed by atoms with E-state index in [9.17, 15) is 0 Å². The van der Waals surface area contributed by atoms with Crippen LogP contribution >= 0.6 is 11.6 Å². The number of hydrogen-bond donors (Lipinski definition) is 1. The number of nitrogens with one attached hydrogen (secondary N) is 1. The Bertz CT molecular complexity index is 338. The van der Waals surface area contributed by atoms with Gasteiger partial charge >= 0.3 is 0 Å². The second-order valence-electron chi connectivity index (χ2n) is 4.96. The van der Waals surface area contributed by atoms with Gasteiger partial charge in [-0.15, -0.1) is 0 Å². The highest BCUT2D eigenvalue weighted by Crippen LogP contribution is 2.09. The molecule has 1 N–H and O–H groups in total. The van der Waals surface area contributed by atoms with Crippen molar-refractivity contribution in [2.75, 3.05) is 20.6 Å². The lowest BCUT2D eigenvalue weighted by atomic mass is 10.0. The van der Waals surface area contributed by atoms with Crippen LogP contribution in [0.1, 0.15) is 19.7 Å². The lowest BCUT2D eigenvalue weighted by molar-refractivity contribution is 0.223. The Morgan fingerprint density at radius 2 is 2.12 bits per heavy atom.